The van der Waals surface area contributed by atoms with Crippen LogP contribution in [0.1, 0.15) is 36.4 Å². The second-order valence-electron chi connectivity index (χ2n) is 6.73. The molecule has 0 aliphatic rings. The molecule has 1 aromatic heterocycles. The number of anilines is 2. The van der Waals surface area contributed by atoms with E-state index in [0.29, 0.717) is 12.1 Å². The largest absolute Gasteiger partial charge is 0.459 e. The Kier molecular flexibility index (Phi) is 6.67. The molecule has 0 unspecified atom stereocenters. The molecule has 0 bridgehead atoms. The lowest BCUT2D eigenvalue weighted by Gasteiger charge is -2.28. The summed E-state index contributed by atoms with van der Waals surface area (Å²) in [6.45, 7) is 4.07. The molecule has 0 saturated carbocycles. The maximum atomic E-state index is 12.3. The average molecular weight is 394 g/mol. The normalized spacial score (nSPS) is 12.8. The zero-order valence-electron chi connectivity index (χ0n) is 16.4. The summed E-state index contributed by atoms with van der Waals surface area (Å²) >= 11 is 0. The molecule has 1 aromatic carbocycles. The number of amides is 1. The number of nitrogens with one attached hydrogen (secondary N) is 1. The number of nitrogens with zero attached hydrogens (tertiary/aromatic N) is 2. The zero-order valence-corrected chi connectivity index (χ0v) is 17.2. The Morgan fingerprint density at radius 2 is 1.96 bits per heavy atom. The fourth-order valence-corrected chi connectivity index (χ4v) is 3.97. The molecule has 8 heteroatoms. The summed E-state index contributed by atoms with van der Waals surface area (Å²) in [5, 5.41) is 2.79. The third-order valence-electron chi connectivity index (χ3n) is 4.40. The van der Waals surface area contributed by atoms with Crippen LogP contribution >= 0.6 is 0 Å². The Morgan fingerprint density at radius 1 is 1.26 bits per heavy atom. The van der Waals surface area contributed by atoms with Crippen molar-refractivity contribution in [3.63, 3.8) is 0 Å². The van der Waals surface area contributed by atoms with E-state index >= 15 is 0 Å². The van der Waals surface area contributed by atoms with Crippen LogP contribution in [0.2, 0.25) is 0 Å². The monoisotopic (exact) mass is 393 g/mol. The smallest absolute Gasteiger partial charge is 0.291 e. The summed E-state index contributed by atoms with van der Waals surface area (Å²) in [6.07, 6.45) is 3.36. The molecular formula is C19H27N3O4S. The fraction of sp³-hybridized carbons (Fsp3) is 0.421. The summed E-state index contributed by atoms with van der Waals surface area (Å²) in [5.41, 5.74) is 2.28. The van der Waals surface area contributed by atoms with Crippen LogP contribution in [0.3, 0.4) is 0 Å². The van der Waals surface area contributed by atoms with Crippen LogP contribution in [0.5, 0.6) is 0 Å². The second-order valence-corrected chi connectivity index (χ2v) is 8.67. The predicted octanol–water partition coefficient (Wildman–Crippen LogP) is 3.16. The lowest BCUT2D eigenvalue weighted by atomic mass is 10.1. The van der Waals surface area contributed by atoms with Crippen LogP contribution in [0.15, 0.2) is 41.0 Å². The van der Waals surface area contributed by atoms with Crippen molar-refractivity contribution in [3.05, 3.63) is 47.9 Å². The minimum Gasteiger partial charge on any atom is -0.459 e. The Morgan fingerprint density at radius 3 is 2.48 bits per heavy atom. The van der Waals surface area contributed by atoms with Crippen molar-refractivity contribution < 1.29 is 17.6 Å². The number of hydrogen-bond acceptors (Lipinski definition) is 5. The van der Waals surface area contributed by atoms with Crippen LogP contribution in [-0.4, -0.2) is 45.0 Å². The molecule has 148 valence electrons. The molecule has 1 heterocycles. The minimum absolute atomic E-state index is 0.128. The highest BCUT2D eigenvalue weighted by Gasteiger charge is 2.24. The summed E-state index contributed by atoms with van der Waals surface area (Å²) < 4.78 is 31.1. The Balaban J connectivity index is 2.36. The van der Waals surface area contributed by atoms with Crippen molar-refractivity contribution in [2.75, 3.05) is 30.6 Å². The molecule has 1 atom stereocenters. The van der Waals surface area contributed by atoms with Gasteiger partial charge in [0.1, 0.15) is 0 Å². The fourth-order valence-electron chi connectivity index (χ4n) is 2.80. The molecule has 2 rings (SSSR count). The summed E-state index contributed by atoms with van der Waals surface area (Å²) in [7, 11) is 0.418. The second kappa shape index (κ2) is 8.58. The van der Waals surface area contributed by atoms with Gasteiger partial charge in [-0.3, -0.25) is 4.79 Å². The summed E-state index contributed by atoms with van der Waals surface area (Å²) in [6, 6.07) is 8.55. The van der Waals surface area contributed by atoms with Gasteiger partial charge in [0.15, 0.2) is 5.76 Å². The van der Waals surface area contributed by atoms with E-state index < -0.39 is 10.0 Å². The molecule has 7 nitrogen and oxygen atoms in total. The number of sulfonamides is 1. The van der Waals surface area contributed by atoms with Gasteiger partial charge in [-0.05, 0) is 49.2 Å². The van der Waals surface area contributed by atoms with Gasteiger partial charge < -0.3 is 14.6 Å². The van der Waals surface area contributed by atoms with E-state index in [4.69, 9.17) is 4.42 Å². The highest BCUT2D eigenvalue weighted by atomic mass is 32.2. The third kappa shape index (κ3) is 5.33. The van der Waals surface area contributed by atoms with Crippen LogP contribution in [0, 0.1) is 0 Å². The lowest BCUT2D eigenvalue weighted by molar-refractivity contribution is 0.0996. The Hall–Kier alpha value is -2.32. The van der Waals surface area contributed by atoms with Gasteiger partial charge in [0.05, 0.1) is 12.5 Å². The van der Waals surface area contributed by atoms with Crippen molar-refractivity contribution in [1.82, 2.24) is 4.31 Å². The quantitative estimate of drug-likeness (QED) is 0.745. The highest BCUT2D eigenvalue weighted by Crippen LogP contribution is 2.27. The number of carbonyl (C=O) groups excluding carboxylic acids is 1. The molecule has 0 aliphatic heterocycles. The first-order valence-corrected chi connectivity index (χ1v) is 10.6. The number of hydrogen-bond donors (Lipinski definition) is 1. The highest BCUT2D eigenvalue weighted by molar-refractivity contribution is 7.88. The van der Waals surface area contributed by atoms with Crippen LogP contribution < -0.4 is 10.2 Å². The predicted molar refractivity (Wildman–Crippen MR) is 108 cm³/mol. The SMILES string of the molecule is CC[C@@H](C)N(Cc1cc(NC(=O)c2ccco2)ccc1N(C)C)S(C)(=O)=O. The van der Waals surface area contributed by atoms with Gasteiger partial charge >= 0.3 is 0 Å². The number of furan rings is 1. The summed E-state index contributed by atoms with van der Waals surface area (Å²) in [5.74, 6) is -0.143. The van der Waals surface area contributed by atoms with Gasteiger partial charge in [-0.2, -0.15) is 4.31 Å². The number of benzene rings is 1. The van der Waals surface area contributed by atoms with E-state index in [9.17, 15) is 13.2 Å². The van der Waals surface area contributed by atoms with Crippen LogP contribution in [-0.2, 0) is 16.6 Å². The molecule has 0 spiro atoms. The van der Waals surface area contributed by atoms with E-state index in [-0.39, 0.29) is 24.3 Å². The first kappa shape index (κ1) is 21.0. The van der Waals surface area contributed by atoms with Gasteiger partial charge in [0.2, 0.25) is 10.0 Å². The first-order chi connectivity index (χ1) is 12.6. The molecular weight excluding hydrogens is 366 g/mol. The molecule has 0 aliphatic carbocycles. The van der Waals surface area contributed by atoms with Crippen molar-refractivity contribution in [2.45, 2.75) is 32.9 Å². The van der Waals surface area contributed by atoms with Crippen molar-refractivity contribution in [3.8, 4) is 0 Å². The molecule has 2 aromatic rings. The van der Waals surface area contributed by atoms with Gasteiger partial charge in [-0.15, -0.1) is 0 Å². The Labute approximate surface area is 161 Å². The Bertz CT molecular complexity index is 876. The van der Waals surface area contributed by atoms with Gasteiger partial charge in [0, 0.05) is 38.1 Å². The number of carbonyl (C=O) groups is 1. The standard InChI is InChI=1S/C19H27N3O4S/c1-6-14(2)22(27(5,24)25)13-15-12-16(9-10-17(15)21(3)4)20-19(23)18-8-7-11-26-18/h7-12,14H,6,13H2,1-5H3,(H,20,23)/t14-/m1/s1. The minimum atomic E-state index is -3.38. The average Bonchev–Trinajstić information content (AvgIpc) is 3.12. The van der Waals surface area contributed by atoms with E-state index in [1.165, 1.54) is 16.8 Å². The van der Waals surface area contributed by atoms with Crippen LogP contribution in [0.25, 0.3) is 0 Å². The van der Waals surface area contributed by atoms with E-state index in [0.717, 1.165) is 11.3 Å². The maximum absolute atomic E-state index is 12.3. The van der Waals surface area contributed by atoms with E-state index in [1.54, 1.807) is 24.3 Å². The van der Waals surface area contributed by atoms with Crippen molar-refractivity contribution >= 4 is 27.3 Å². The summed E-state index contributed by atoms with van der Waals surface area (Å²) in [4.78, 5) is 14.1. The lowest BCUT2D eigenvalue weighted by Crippen LogP contribution is -2.37. The molecule has 1 N–H and O–H groups in total. The first-order valence-electron chi connectivity index (χ1n) is 8.75. The molecule has 1 amide bonds. The van der Waals surface area contributed by atoms with Crippen molar-refractivity contribution in [2.24, 2.45) is 0 Å². The van der Waals surface area contributed by atoms with E-state index in [2.05, 4.69) is 5.32 Å². The zero-order chi connectivity index (χ0) is 20.2. The van der Waals surface area contributed by atoms with Gasteiger partial charge in [0.25, 0.3) is 5.91 Å². The maximum Gasteiger partial charge on any atom is 0.291 e. The molecule has 0 fully saturated rings. The third-order valence-corrected chi connectivity index (χ3v) is 5.74. The van der Waals surface area contributed by atoms with Gasteiger partial charge in [-0.1, -0.05) is 6.92 Å². The molecule has 0 radical (unpaired) electrons. The van der Waals surface area contributed by atoms with Crippen molar-refractivity contribution in [1.29, 1.82) is 0 Å². The van der Waals surface area contributed by atoms with Gasteiger partial charge in [-0.25, -0.2) is 8.42 Å². The molecule has 27 heavy (non-hydrogen) atoms. The topological polar surface area (TPSA) is 82.9 Å². The van der Waals surface area contributed by atoms with Crippen LogP contribution in [0.4, 0.5) is 11.4 Å². The number of rotatable bonds is 8. The molecule has 0 saturated heterocycles. The van der Waals surface area contributed by atoms with E-state index in [1.807, 2.05) is 38.9 Å².